The van der Waals surface area contributed by atoms with Gasteiger partial charge in [0.15, 0.2) is 0 Å². The number of amides is 1. The first-order chi connectivity index (χ1) is 15.7. The van der Waals surface area contributed by atoms with Crippen LogP contribution in [0.25, 0.3) is 0 Å². The smallest absolute Gasteiger partial charge is 0.313 e. The molecule has 0 bridgehead atoms. The molecule has 2 aliphatic rings. The highest BCUT2D eigenvalue weighted by Crippen LogP contribution is 2.39. The second-order valence-corrected chi connectivity index (χ2v) is 12.3. The number of nitrogens with two attached hydrogens (primary N) is 1. The molecule has 0 aliphatic carbocycles. The Kier molecular flexibility index (Phi) is 7.46. The van der Waals surface area contributed by atoms with Gasteiger partial charge in [0.1, 0.15) is 15.5 Å². The molecular weight excluding hydrogens is 514 g/mol. The van der Waals surface area contributed by atoms with Crippen LogP contribution < -0.4 is 15.2 Å². The van der Waals surface area contributed by atoms with Gasteiger partial charge in [0.05, 0.1) is 43.9 Å². The Balaban J connectivity index is 1.67. The molecule has 2 heterocycles. The molecule has 1 saturated heterocycles. The van der Waals surface area contributed by atoms with E-state index in [1.54, 1.807) is 7.05 Å². The topological polar surface area (TPSA) is 188 Å². The Bertz CT molecular complexity index is 1200. The third-order valence-corrected chi connectivity index (χ3v) is 9.18. The summed E-state index contributed by atoms with van der Waals surface area (Å²) >= 11 is 6.05. The molecule has 0 saturated carbocycles. The van der Waals surface area contributed by atoms with Crippen molar-refractivity contribution in [2.45, 2.75) is 54.0 Å². The SMILES string of the molecule is C[N+]1(C(=O)CCCCCO[N+](=O)[O-])CCC2(CC1)Nc1cc(Cl)c(S(N)(=O)=O)cc1S(=O)(=O)N2. The first-order valence-electron chi connectivity index (χ1n) is 10.5. The van der Waals surface area contributed by atoms with Gasteiger partial charge in [-0.05, 0) is 25.0 Å². The molecule has 1 aromatic rings. The maximum Gasteiger partial charge on any atom is 0.313 e. The largest absolute Gasteiger partial charge is 0.365 e. The molecular formula is C18H27ClN5O8S2+. The molecule has 1 amide bonds. The number of fused-ring (bicyclic) bond motifs is 1. The van der Waals surface area contributed by atoms with Crippen molar-refractivity contribution < 1.29 is 36.0 Å². The number of primary sulfonamides is 1. The number of likely N-dealkylation sites (tertiary alicyclic amines) is 1. The van der Waals surface area contributed by atoms with Crippen LogP contribution in [-0.2, 0) is 29.7 Å². The van der Waals surface area contributed by atoms with Crippen LogP contribution >= 0.6 is 11.6 Å². The summed E-state index contributed by atoms with van der Waals surface area (Å²) in [4.78, 5) is 26.4. The lowest BCUT2D eigenvalue weighted by Crippen LogP contribution is -2.66. The number of nitrogens with zero attached hydrogens (tertiary/aromatic N) is 2. The van der Waals surface area contributed by atoms with Crippen molar-refractivity contribution in [3.05, 3.63) is 27.3 Å². The summed E-state index contributed by atoms with van der Waals surface area (Å²) in [7, 11) is -6.50. The minimum atomic E-state index is -4.22. The lowest BCUT2D eigenvalue weighted by molar-refractivity contribution is -0.841. The van der Waals surface area contributed by atoms with Crippen molar-refractivity contribution in [1.82, 2.24) is 4.72 Å². The van der Waals surface area contributed by atoms with Gasteiger partial charge in [-0.15, -0.1) is 10.1 Å². The first kappa shape index (κ1) is 26.6. The van der Waals surface area contributed by atoms with Gasteiger partial charge in [-0.3, -0.25) is 4.48 Å². The van der Waals surface area contributed by atoms with Crippen molar-refractivity contribution in [1.29, 1.82) is 0 Å². The number of halogens is 1. The number of carbonyl (C=O) groups excluding carboxylic acids is 1. The van der Waals surface area contributed by atoms with Crippen molar-refractivity contribution in [2.75, 3.05) is 32.1 Å². The van der Waals surface area contributed by atoms with E-state index >= 15 is 0 Å². The molecule has 4 N–H and O–H groups in total. The fraction of sp³-hybridized carbons (Fsp3) is 0.611. The average molecular weight is 541 g/mol. The summed E-state index contributed by atoms with van der Waals surface area (Å²) in [5.41, 5.74) is -0.883. The number of nitrogens with one attached hydrogen (secondary N) is 2. The third kappa shape index (κ3) is 5.78. The Morgan fingerprint density at radius 3 is 2.53 bits per heavy atom. The molecule has 0 aromatic heterocycles. The van der Waals surface area contributed by atoms with E-state index in [9.17, 15) is 31.7 Å². The van der Waals surface area contributed by atoms with Gasteiger partial charge in [-0.25, -0.2) is 26.8 Å². The number of benzene rings is 1. The lowest BCUT2D eigenvalue weighted by Gasteiger charge is -2.47. The fourth-order valence-electron chi connectivity index (χ4n) is 4.22. The van der Waals surface area contributed by atoms with Gasteiger partial charge in [-0.1, -0.05) is 18.0 Å². The molecule has 1 aromatic carbocycles. The van der Waals surface area contributed by atoms with E-state index in [1.165, 1.54) is 6.07 Å². The van der Waals surface area contributed by atoms with Crippen LogP contribution in [0.2, 0.25) is 5.02 Å². The van der Waals surface area contributed by atoms with E-state index in [0.29, 0.717) is 51.6 Å². The molecule has 3 rings (SSSR count). The van der Waals surface area contributed by atoms with Gasteiger partial charge in [0, 0.05) is 12.8 Å². The van der Waals surface area contributed by atoms with Crippen LogP contribution in [-0.4, -0.2) is 64.7 Å². The zero-order chi connectivity index (χ0) is 25.4. The summed E-state index contributed by atoms with van der Waals surface area (Å²) in [6.45, 7) is 0.736. The van der Waals surface area contributed by atoms with Crippen LogP contribution in [0.5, 0.6) is 0 Å². The molecule has 0 unspecified atom stereocenters. The fourth-order valence-corrected chi connectivity index (χ4v) is 6.95. The third-order valence-electron chi connectivity index (χ3n) is 6.23. The Hall–Kier alpha value is -2.04. The Morgan fingerprint density at radius 1 is 1.29 bits per heavy atom. The molecule has 190 valence electrons. The first-order valence-corrected chi connectivity index (χ1v) is 13.9. The second kappa shape index (κ2) is 9.54. The lowest BCUT2D eigenvalue weighted by atomic mass is 9.94. The van der Waals surface area contributed by atoms with Gasteiger partial charge in [0.2, 0.25) is 20.0 Å². The number of sulfonamides is 2. The van der Waals surface area contributed by atoms with Gasteiger partial charge in [-0.2, -0.15) is 4.72 Å². The maximum atomic E-state index is 12.9. The van der Waals surface area contributed by atoms with E-state index in [0.717, 1.165) is 6.07 Å². The predicted octanol–water partition coefficient (Wildman–Crippen LogP) is 0.923. The van der Waals surface area contributed by atoms with Gasteiger partial charge < -0.3 is 10.2 Å². The normalized spacial score (nSPS) is 25.9. The summed E-state index contributed by atoms with van der Waals surface area (Å²) in [6, 6.07) is 2.16. The number of quaternary nitrogens is 1. The van der Waals surface area contributed by atoms with Crippen molar-refractivity contribution in [3.8, 4) is 0 Å². The number of unbranched alkanes of at least 4 members (excludes halogenated alkanes) is 2. The van der Waals surface area contributed by atoms with Crippen molar-refractivity contribution in [3.63, 3.8) is 0 Å². The predicted molar refractivity (Wildman–Crippen MR) is 121 cm³/mol. The number of hydrogen-bond donors (Lipinski definition) is 3. The zero-order valence-electron chi connectivity index (χ0n) is 18.5. The minimum absolute atomic E-state index is 0.00458. The van der Waals surface area contributed by atoms with Crippen LogP contribution in [0.4, 0.5) is 5.69 Å². The molecule has 34 heavy (non-hydrogen) atoms. The highest BCUT2D eigenvalue weighted by atomic mass is 35.5. The average Bonchev–Trinajstić information content (AvgIpc) is 2.70. The highest BCUT2D eigenvalue weighted by Gasteiger charge is 2.49. The quantitative estimate of drug-likeness (QED) is 0.186. The van der Waals surface area contributed by atoms with Crippen LogP contribution in [0.1, 0.15) is 38.5 Å². The Labute approximate surface area is 202 Å². The molecule has 13 nitrogen and oxygen atoms in total. The second-order valence-electron chi connectivity index (χ2n) is 8.74. The van der Waals surface area contributed by atoms with E-state index in [4.69, 9.17) is 16.7 Å². The number of anilines is 1. The van der Waals surface area contributed by atoms with Crippen LogP contribution in [0, 0.1) is 10.1 Å². The minimum Gasteiger partial charge on any atom is -0.365 e. The number of piperidine rings is 1. The molecule has 16 heteroatoms. The van der Waals surface area contributed by atoms with E-state index in [-0.39, 0.29) is 32.6 Å². The Morgan fingerprint density at radius 2 is 1.94 bits per heavy atom. The monoisotopic (exact) mass is 540 g/mol. The van der Waals surface area contributed by atoms with Gasteiger partial charge >= 0.3 is 5.91 Å². The number of carbonyl (C=O) groups is 1. The standard InChI is InChI=1S/C18H27ClN5O8S2/c1-24(17(25)5-3-2-4-10-32-23(26)27)8-6-18(7-9-24)21-14-11-13(19)15(33(20,28)29)12-16(14)34(30,31)22-18/h11-12,21-22H,2-10H2,1H3,(H2,20,28,29)/q+1. The number of rotatable bonds is 8. The summed E-state index contributed by atoms with van der Waals surface area (Å²) in [6.07, 6.45) is 2.57. The van der Waals surface area contributed by atoms with E-state index < -0.39 is 35.7 Å². The molecule has 1 fully saturated rings. The van der Waals surface area contributed by atoms with E-state index in [1.807, 2.05) is 0 Å². The molecule has 1 spiro atoms. The van der Waals surface area contributed by atoms with Crippen LogP contribution in [0.15, 0.2) is 21.9 Å². The van der Waals surface area contributed by atoms with Crippen molar-refractivity contribution in [2.24, 2.45) is 5.14 Å². The molecule has 0 atom stereocenters. The highest BCUT2D eigenvalue weighted by molar-refractivity contribution is 7.90. The van der Waals surface area contributed by atoms with E-state index in [2.05, 4.69) is 14.9 Å². The summed E-state index contributed by atoms with van der Waals surface area (Å²) < 4.78 is 52.1. The number of hydrogen-bond acceptors (Lipinski definition) is 9. The molecule has 0 radical (unpaired) electrons. The zero-order valence-corrected chi connectivity index (χ0v) is 20.8. The van der Waals surface area contributed by atoms with Crippen LogP contribution in [0.3, 0.4) is 0 Å². The summed E-state index contributed by atoms with van der Waals surface area (Å²) in [5.74, 6) is 0.00458. The van der Waals surface area contributed by atoms with Gasteiger partial charge in [0.25, 0.3) is 5.09 Å². The summed E-state index contributed by atoms with van der Waals surface area (Å²) in [5, 5.41) is 17.4. The maximum absolute atomic E-state index is 12.9. The molecule has 2 aliphatic heterocycles. The van der Waals surface area contributed by atoms with Crippen molar-refractivity contribution >= 4 is 43.2 Å².